The molecule has 0 spiro atoms. The minimum absolute atomic E-state index is 0.104. The van der Waals surface area contributed by atoms with Crippen LogP contribution in [0.5, 0.6) is 0 Å². The fraction of sp³-hybridized carbons (Fsp3) is 0.562. The molecule has 126 valence electrons. The quantitative estimate of drug-likeness (QED) is 0.861. The normalized spacial score (nSPS) is 17.7. The van der Waals surface area contributed by atoms with Crippen LogP contribution in [0, 0.1) is 0 Å². The summed E-state index contributed by atoms with van der Waals surface area (Å²) in [6.45, 7) is 6.50. The van der Waals surface area contributed by atoms with Gasteiger partial charge in [-0.3, -0.25) is 5.32 Å². The molecule has 0 aliphatic carbocycles. The summed E-state index contributed by atoms with van der Waals surface area (Å²) in [4.78, 5) is 28.0. The molecule has 1 N–H and O–H groups in total. The van der Waals surface area contributed by atoms with Crippen LogP contribution in [-0.4, -0.2) is 43.0 Å². The topological polar surface area (TPSA) is 86.8 Å². The molecule has 23 heavy (non-hydrogen) atoms. The molecule has 2 heterocycles. The molecule has 0 saturated carbocycles. The van der Waals surface area contributed by atoms with Gasteiger partial charge in [0.25, 0.3) is 0 Å². The van der Waals surface area contributed by atoms with E-state index in [1.165, 1.54) is 7.11 Å². The highest BCUT2D eigenvalue weighted by molar-refractivity contribution is 5.91. The molecule has 7 nitrogen and oxygen atoms in total. The number of esters is 1. The third-order valence-corrected chi connectivity index (χ3v) is 3.30. The van der Waals surface area contributed by atoms with E-state index in [2.05, 4.69) is 10.3 Å². The first-order chi connectivity index (χ1) is 10.8. The standard InChI is InChI=1S/C16H22N2O5/c1-16(2,3)23-15(20)18-12-6-5-11(10-7-8-22-9-10)13(17-12)14(19)21-4/h5-6,10H,7-9H2,1-4H3,(H,17,18,20). The molecular formula is C16H22N2O5. The first kappa shape index (κ1) is 17.2. The van der Waals surface area contributed by atoms with Crippen LogP contribution in [0.15, 0.2) is 12.1 Å². The predicted octanol–water partition coefficient (Wildman–Crippen LogP) is 2.72. The Morgan fingerprint density at radius 2 is 2.09 bits per heavy atom. The van der Waals surface area contributed by atoms with Gasteiger partial charge in [-0.2, -0.15) is 0 Å². The minimum Gasteiger partial charge on any atom is -0.464 e. The number of aromatic nitrogens is 1. The number of hydrogen-bond acceptors (Lipinski definition) is 6. The molecule has 1 aliphatic rings. The van der Waals surface area contributed by atoms with E-state index in [1.807, 2.05) is 0 Å². The van der Waals surface area contributed by atoms with Crippen LogP contribution >= 0.6 is 0 Å². The zero-order valence-electron chi connectivity index (χ0n) is 13.8. The zero-order valence-corrected chi connectivity index (χ0v) is 13.8. The summed E-state index contributed by atoms with van der Waals surface area (Å²) in [5, 5.41) is 2.52. The van der Waals surface area contributed by atoms with Gasteiger partial charge in [-0.05, 0) is 38.8 Å². The average Bonchev–Trinajstić information content (AvgIpc) is 2.98. The van der Waals surface area contributed by atoms with Gasteiger partial charge in [-0.15, -0.1) is 0 Å². The first-order valence-electron chi connectivity index (χ1n) is 7.47. The first-order valence-corrected chi connectivity index (χ1v) is 7.47. The number of hydrogen-bond donors (Lipinski definition) is 1. The van der Waals surface area contributed by atoms with Gasteiger partial charge in [0.15, 0.2) is 5.69 Å². The Kier molecular flexibility index (Phi) is 5.20. The lowest BCUT2D eigenvalue weighted by Crippen LogP contribution is -2.27. The average molecular weight is 322 g/mol. The van der Waals surface area contributed by atoms with Gasteiger partial charge in [0, 0.05) is 12.5 Å². The number of nitrogens with zero attached hydrogens (tertiary/aromatic N) is 1. The van der Waals surface area contributed by atoms with E-state index in [-0.39, 0.29) is 17.4 Å². The molecule has 0 aromatic carbocycles. The Hall–Kier alpha value is -2.15. The second-order valence-electron chi connectivity index (χ2n) is 6.31. The molecule has 0 radical (unpaired) electrons. The van der Waals surface area contributed by atoms with Crippen molar-refractivity contribution in [1.82, 2.24) is 4.98 Å². The Balaban J connectivity index is 2.22. The monoisotopic (exact) mass is 322 g/mol. The fourth-order valence-corrected chi connectivity index (χ4v) is 2.32. The van der Waals surface area contributed by atoms with Crippen LogP contribution < -0.4 is 5.32 Å². The van der Waals surface area contributed by atoms with E-state index >= 15 is 0 Å². The van der Waals surface area contributed by atoms with E-state index in [1.54, 1.807) is 32.9 Å². The number of carbonyl (C=O) groups excluding carboxylic acids is 2. The van der Waals surface area contributed by atoms with E-state index < -0.39 is 17.7 Å². The van der Waals surface area contributed by atoms with Gasteiger partial charge in [0.1, 0.15) is 11.4 Å². The molecule has 1 amide bonds. The molecular weight excluding hydrogens is 300 g/mol. The molecule has 1 unspecified atom stereocenters. The van der Waals surface area contributed by atoms with Gasteiger partial charge in [0.05, 0.1) is 13.7 Å². The van der Waals surface area contributed by atoms with E-state index in [0.717, 1.165) is 12.0 Å². The SMILES string of the molecule is COC(=O)c1nc(NC(=O)OC(C)(C)C)ccc1C1CCOC1. The number of ether oxygens (including phenoxy) is 3. The molecule has 7 heteroatoms. The van der Waals surface area contributed by atoms with Crippen molar-refractivity contribution < 1.29 is 23.8 Å². The van der Waals surface area contributed by atoms with Gasteiger partial charge in [-0.1, -0.05) is 6.07 Å². The maximum absolute atomic E-state index is 12.0. The number of nitrogens with one attached hydrogen (secondary N) is 1. The van der Waals surface area contributed by atoms with Crippen LogP contribution in [0.4, 0.5) is 10.6 Å². The Morgan fingerprint density at radius 3 is 2.65 bits per heavy atom. The smallest absolute Gasteiger partial charge is 0.413 e. The largest absolute Gasteiger partial charge is 0.464 e. The number of methoxy groups -OCH3 is 1. The molecule has 1 aromatic rings. The van der Waals surface area contributed by atoms with Gasteiger partial charge >= 0.3 is 12.1 Å². The number of rotatable bonds is 3. The van der Waals surface area contributed by atoms with Crippen molar-refractivity contribution in [3.63, 3.8) is 0 Å². The summed E-state index contributed by atoms with van der Waals surface area (Å²) >= 11 is 0. The van der Waals surface area contributed by atoms with Crippen LogP contribution in [0.25, 0.3) is 0 Å². The summed E-state index contributed by atoms with van der Waals surface area (Å²) in [6.07, 6.45) is 0.197. The highest BCUT2D eigenvalue weighted by Crippen LogP contribution is 2.28. The number of carbonyl (C=O) groups is 2. The second kappa shape index (κ2) is 6.95. The summed E-state index contributed by atoms with van der Waals surface area (Å²) in [7, 11) is 1.30. The Labute approximate surface area is 135 Å². The molecule has 1 aliphatic heterocycles. The number of anilines is 1. The molecule has 1 aromatic heterocycles. The lowest BCUT2D eigenvalue weighted by Gasteiger charge is -2.20. The summed E-state index contributed by atoms with van der Waals surface area (Å²) in [6, 6.07) is 3.41. The van der Waals surface area contributed by atoms with Gasteiger partial charge in [-0.25, -0.2) is 14.6 Å². The fourth-order valence-electron chi connectivity index (χ4n) is 2.32. The highest BCUT2D eigenvalue weighted by Gasteiger charge is 2.26. The van der Waals surface area contributed by atoms with E-state index in [4.69, 9.17) is 14.2 Å². The van der Waals surface area contributed by atoms with E-state index in [9.17, 15) is 9.59 Å². The minimum atomic E-state index is -0.627. The molecule has 1 fully saturated rings. The zero-order chi connectivity index (χ0) is 17.0. The van der Waals surface area contributed by atoms with Crippen molar-refractivity contribution in [3.8, 4) is 0 Å². The van der Waals surface area contributed by atoms with Crippen LogP contribution in [0.3, 0.4) is 0 Å². The van der Waals surface area contributed by atoms with Crippen molar-refractivity contribution in [2.24, 2.45) is 0 Å². The van der Waals surface area contributed by atoms with Crippen LogP contribution in [-0.2, 0) is 14.2 Å². The third kappa shape index (κ3) is 4.66. The maximum Gasteiger partial charge on any atom is 0.413 e. The summed E-state index contributed by atoms with van der Waals surface area (Å²) < 4.78 is 15.3. The van der Waals surface area contributed by atoms with Crippen molar-refractivity contribution in [2.45, 2.75) is 38.7 Å². The molecule has 1 saturated heterocycles. The highest BCUT2D eigenvalue weighted by atomic mass is 16.6. The molecule has 1 atom stereocenters. The summed E-state index contributed by atoms with van der Waals surface area (Å²) in [5.41, 5.74) is 0.344. The van der Waals surface area contributed by atoms with E-state index in [0.29, 0.717) is 13.2 Å². The van der Waals surface area contributed by atoms with Crippen molar-refractivity contribution >= 4 is 17.9 Å². The number of amides is 1. The second-order valence-corrected chi connectivity index (χ2v) is 6.31. The van der Waals surface area contributed by atoms with Crippen molar-refractivity contribution in [3.05, 3.63) is 23.4 Å². The van der Waals surface area contributed by atoms with Gasteiger partial charge in [0.2, 0.25) is 0 Å². The molecule has 0 bridgehead atoms. The Bertz CT molecular complexity index is 589. The molecule has 2 rings (SSSR count). The lowest BCUT2D eigenvalue weighted by atomic mass is 9.97. The maximum atomic E-state index is 12.0. The van der Waals surface area contributed by atoms with Crippen LogP contribution in [0.2, 0.25) is 0 Å². The van der Waals surface area contributed by atoms with Crippen molar-refractivity contribution in [2.75, 3.05) is 25.6 Å². The lowest BCUT2D eigenvalue weighted by molar-refractivity contribution is 0.0587. The van der Waals surface area contributed by atoms with Gasteiger partial charge < -0.3 is 14.2 Å². The Morgan fingerprint density at radius 1 is 1.35 bits per heavy atom. The third-order valence-electron chi connectivity index (χ3n) is 3.30. The van der Waals surface area contributed by atoms with Crippen molar-refractivity contribution in [1.29, 1.82) is 0 Å². The predicted molar refractivity (Wildman–Crippen MR) is 83.6 cm³/mol. The summed E-state index contributed by atoms with van der Waals surface area (Å²) in [5.74, 6) is -0.200. The van der Waals surface area contributed by atoms with Crippen LogP contribution in [0.1, 0.15) is 49.2 Å². The number of pyridine rings is 1.